The van der Waals surface area contributed by atoms with Gasteiger partial charge in [-0.05, 0) is 17.2 Å². The summed E-state index contributed by atoms with van der Waals surface area (Å²) in [6.45, 7) is 0. The molecule has 0 aliphatic rings. The van der Waals surface area contributed by atoms with Crippen molar-refractivity contribution in [3.05, 3.63) is 41.7 Å². The van der Waals surface area contributed by atoms with Crippen molar-refractivity contribution in [1.82, 2.24) is 9.97 Å². The summed E-state index contributed by atoms with van der Waals surface area (Å²) in [6, 6.07) is 11.5. The van der Waals surface area contributed by atoms with Gasteiger partial charge in [0.1, 0.15) is 5.82 Å². The summed E-state index contributed by atoms with van der Waals surface area (Å²) >= 11 is 5.92. The molecule has 1 aromatic heterocycles. The zero-order valence-electron chi connectivity index (χ0n) is 12.1. The molecule has 6 heteroatoms. The molecule has 112 valence electrons. The van der Waals surface area contributed by atoms with Crippen LogP contribution in [-0.4, -0.2) is 24.2 Å². The Morgan fingerprint density at radius 2 is 1.77 bits per heavy atom. The van der Waals surface area contributed by atoms with E-state index < -0.39 is 0 Å². The fraction of sp³-hybridized carbons (Fsp3) is 0.125. The molecule has 0 radical (unpaired) electrons. The van der Waals surface area contributed by atoms with Gasteiger partial charge in [-0.25, -0.2) is 9.97 Å². The molecule has 5 nitrogen and oxygen atoms in total. The maximum Gasteiger partial charge on any atom is 0.224 e. The first-order chi connectivity index (χ1) is 10.7. The predicted octanol–water partition coefficient (Wildman–Crippen LogP) is 3.55. The first kappa shape index (κ1) is 14.4. The molecule has 3 rings (SSSR count). The third kappa shape index (κ3) is 2.29. The number of ether oxygens (including phenoxy) is 2. The van der Waals surface area contributed by atoms with Gasteiger partial charge < -0.3 is 15.2 Å². The van der Waals surface area contributed by atoms with Crippen molar-refractivity contribution in [3.63, 3.8) is 0 Å². The van der Waals surface area contributed by atoms with Gasteiger partial charge >= 0.3 is 0 Å². The van der Waals surface area contributed by atoms with Gasteiger partial charge in [0.05, 0.1) is 25.1 Å². The Hall–Kier alpha value is -2.53. The quantitative estimate of drug-likeness (QED) is 0.748. The maximum atomic E-state index is 6.08. The minimum absolute atomic E-state index is 0.0937. The Morgan fingerprint density at radius 3 is 2.41 bits per heavy atom. The van der Waals surface area contributed by atoms with E-state index in [-0.39, 0.29) is 5.28 Å². The summed E-state index contributed by atoms with van der Waals surface area (Å²) in [5.41, 5.74) is 8.40. The van der Waals surface area contributed by atoms with Gasteiger partial charge in [0, 0.05) is 11.6 Å². The van der Waals surface area contributed by atoms with Crippen molar-refractivity contribution in [2.75, 3.05) is 20.0 Å². The number of aromatic nitrogens is 2. The zero-order valence-corrected chi connectivity index (χ0v) is 12.9. The zero-order chi connectivity index (χ0) is 15.7. The van der Waals surface area contributed by atoms with E-state index in [2.05, 4.69) is 9.97 Å². The number of fused-ring (bicyclic) bond motifs is 1. The molecule has 0 fully saturated rings. The Balaban J connectivity index is 2.50. The number of methoxy groups -OCH3 is 2. The second kappa shape index (κ2) is 5.69. The molecule has 3 aromatic rings. The molecule has 0 saturated carbocycles. The smallest absolute Gasteiger partial charge is 0.224 e. The SMILES string of the molecule is COc1cc2nc(Cl)nc(N)c2c(-c2ccccc2)c1OC. The van der Waals surface area contributed by atoms with Gasteiger partial charge in [0.25, 0.3) is 0 Å². The van der Waals surface area contributed by atoms with Crippen LogP contribution in [0.3, 0.4) is 0 Å². The van der Waals surface area contributed by atoms with E-state index in [0.29, 0.717) is 28.2 Å². The third-order valence-corrected chi connectivity index (χ3v) is 3.56. The van der Waals surface area contributed by atoms with Crippen LogP contribution in [0.4, 0.5) is 5.82 Å². The highest BCUT2D eigenvalue weighted by molar-refractivity contribution is 6.29. The van der Waals surface area contributed by atoms with E-state index in [9.17, 15) is 0 Å². The summed E-state index contributed by atoms with van der Waals surface area (Å²) in [5.74, 6) is 1.44. The Kier molecular flexibility index (Phi) is 3.73. The molecule has 0 saturated heterocycles. The van der Waals surface area contributed by atoms with Gasteiger partial charge in [-0.15, -0.1) is 0 Å². The Morgan fingerprint density at radius 1 is 1.05 bits per heavy atom. The Labute approximate surface area is 132 Å². The van der Waals surface area contributed by atoms with E-state index in [0.717, 1.165) is 11.1 Å². The van der Waals surface area contributed by atoms with Crippen molar-refractivity contribution in [2.45, 2.75) is 0 Å². The van der Waals surface area contributed by atoms with E-state index >= 15 is 0 Å². The molecule has 0 atom stereocenters. The highest BCUT2D eigenvalue weighted by atomic mass is 35.5. The first-order valence-electron chi connectivity index (χ1n) is 6.58. The van der Waals surface area contributed by atoms with E-state index in [1.807, 2.05) is 30.3 Å². The number of benzene rings is 2. The average Bonchev–Trinajstić information content (AvgIpc) is 2.53. The van der Waals surface area contributed by atoms with Crippen LogP contribution in [0, 0.1) is 0 Å². The molecule has 1 heterocycles. The van der Waals surface area contributed by atoms with E-state index in [1.54, 1.807) is 20.3 Å². The molecule has 22 heavy (non-hydrogen) atoms. The lowest BCUT2D eigenvalue weighted by molar-refractivity contribution is 0.357. The van der Waals surface area contributed by atoms with Crippen molar-refractivity contribution < 1.29 is 9.47 Å². The first-order valence-corrected chi connectivity index (χ1v) is 6.96. The predicted molar refractivity (Wildman–Crippen MR) is 87.5 cm³/mol. The molecule has 2 aromatic carbocycles. The monoisotopic (exact) mass is 315 g/mol. The molecule has 0 bridgehead atoms. The van der Waals surface area contributed by atoms with Gasteiger partial charge in [0.2, 0.25) is 5.28 Å². The van der Waals surface area contributed by atoms with Gasteiger partial charge in [-0.2, -0.15) is 0 Å². The second-order valence-corrected chi connectivity index (χ2v) is 4.96. The highest BCUT2D eigenvalue weighted by Crippen LogP contribution is 2.44. The van der Waals surface area contributed by atoms with Gasteiger partial charge in [-0.3, -0.25) is 0 Å². The van der Waals surface area contributed by atoms with Crippen molar-refractivity contribution in [1.29, 1.82) is 0 Å². The highest BCUT2D eigenvalue weighted by Gasteiger charge is 2.20. The van der Waals surface area contributed by atoms with E-state index in [4.69, 9.17) is 26.8 Å². The molecular weight excluding hydrogens is 302 g/mol. The molecular formula is C16H14ClN3O2. The standard InChI is InChI=1S/C16H14ClN3O2/c1-21-11-8-10-13(15(18)20-16(17)19-10)12(14(11)22-2)9-6-4-3-5-7-9/h3-8H,1-2H3,(H2,18,19,20). The second-order valence-electron chi connectivity index (χ2n) is 4.63. The van der Waals surface area contributed by atoms with Gasteiger partial charge in [0.15, 0.2) is 11.5 Å². The summed E-state index contributed by atoms with van der Waals surface area (Å²) in [4.78, 5) is 8.30. The molecule has 0 aliphatic carbocycles. The summed E-state index contributed by atoms with van der Waals surface area (Å²) in [5, 5.41) is 0.782. The number of halogens is 1. The van der Waals surface area contributed by atoms with Crippen molar-refractivity contribution in [2.24, 2.45) is 0 Å². The molecule has 0 unspecified atom stereocenters. The van der Waals surface area contributed by atoms with Crippen LogP contribution >= 0.6 is 11.6 Å². The number of hydrogen-bond acceptors (Lipinski definition) is 5. The number of nitrogens with zero attached hydrogens (tertiary/aromatic N) is 2. The average molecular weight is 316 g/mol. The summed E-state index contributed by atoms with van der Waals surface area (Å²) < 4.78 is 11.0. The number of nitrogen functional groups attached to an aromatic ring is 1. The van der Waals surface area contributed by atoms with Crippen molar-refractivity contribution in [3.8, 4) is 22.6 Å². The number of hydrogen-bond donors (Lipinski definition) is 1. The third-order valence-electron chi connectivity index (χ3n) is 3.39. The van der Waals surface area contributed by atoms with Crippen LogP contribution in [0.15, 0.2) is 36.4 Å². The molecule has 2 N–H and O–H groups in total. The summed E-state index contributed by atoms with van der Waals surface area (Å²) in [7, 11) is 3.16. The van der Waals surface area contributed by atoms with E-state index in [1.165, 1.54) is 0 Å². The molecule has 0 amide bonds. The van der Waals surface area contributed by atoms with Crippen molar-refractivity contribution >= 4 is 28.3 Å². The number of rotatable bonds is 3. The lowest BCUT2D eigenvalue weighted by Gasteiger charge is -2.16. The largest absolute Gasteiger partial charge is 0.493 e. The topological polar surface area (TPSA) is 70.3 Å². The van der Waals surface area contributed by atoms with Gasteiger partial charge in [-0.1, -0.05) is 30.3 Å². The van der Waals surface area contributed by atoms with Crippen LogP contribution < -0.4 is 15.2 Å². The fourth-order valence-electron chi connectivity index (χ4n) is 2.49. The Bertz CT molecular complexity index is 838. The van der Waals surface area contributed by atoms with Crippen LogP contribution in [0.1, 0.15) is 0 Å². The van der Waals surface area contributed by atoms with Crippen LogP contribution in [0.5, 0.6) is 11.5 Å². The summed E-state index contributed by atoms with van der Waals surface area (Å²) in [6.07, 6.45) is 0. The van der Waals surface area contributed by atoms with Crippen LogP contribution in [-0.2, 0) is 0 Å². The fourth-order valence-corrected chi connectivity index (χ4v) is 2.67. The minimum atomic E-state index is 0.0937. The lowest BCUT2D eigenvalue weighted by atomic mass is 9.99. The minimum Gasteiger partial charge on any atom is -0.493 e. The number of nitrogens with two attached hydrogens (primary N) is 1. The normalized spacial score (nSPS) is 10.7. The maximum absolute atomic E-state index is 6.08. The number of anilines is 1. The van der Waals surface area contributed by atoms with Crippen LogP contribution in [0.2, 0.25) is 5.28 Å². The lowest BCUT2D eigenvalue weighted by Crippen LogP contribution is -2.00. The molecule has 0 aliphatic heterocycles. The molecule has 0 spiro atoms. The van der Waals surface area contributed by atoms with Crippen LogP contribution in [0.25, 0.3) is 22.0 Å².